The van der Waals surface area contributed by atoms with E-state index in [1.165, 1.54) is 18.6 Å². The monoisotopic (exact) mass is 216 g/mol. The summed E-state index contributed by atoms with van der Waals surface area (Å²) in [7, 11) is -3.29. The second-order valence-corrected chi connectivity index (χ2v) is 4.85. The molecule has 0 unspecified atom stereocenters. The fourth-order valence-corrected chi connectivity index (χ4v) is 2.24. The number of sulfone groups is 1. The van der Waals surface area contributed by atoms with Crippen molar-refractivity contribution in [2.45, 2.75) is 17.9 Å². The van der Waals surface area contributed by atoms with Gasteiger partial charge in [0.1, 0.15) is 6.33 Å². The largest absolute Gasteiger partial charge is 0.396 e. The Hall–Kier alpha value is -1.01. The van der Waals surface area contributed by atoms with Crippen molar-refractivity contribution in [2.24, 2.45) is 0 Å². The van der Waals surface area contributed by atoms with Crippen molar-refractivity contribution in [3.05, 3.63) is 18.6 Å². The molecule has 78 valence electrons. The molecule has 1 aromatic rings. The third kappa shape index (κ3) is 3.04. The van der Waals surface area contributed by atoms with E-state index in [0.29, 0.717) is 12.8 Å². The Labute approximate surface area is 82.8 Å². The zero-order valence-corrected chi connectivity index (χ0v) is 8.44. The third-order valence-electron chi connectivity index (χ3n) is 1.69. The van der Waals surface area contributed by atoms with E-state index in [-0.39, 0.29) is 17.4 Å². The number of nitrogens with zero attached hydrogens (tertiary/aromatic N) is 2. The highest BCUT2D eigenvalue weighted by atomic mass is 32.2. The Bertz CT molecular complexity index is 363. The molecule has 0 aliphatic carbocycles. The van der Waals surface area contributed by atoms with Gasteiger partial charge in [-0.15, -0.1) is 0 Å². The van der Waals surface area contributed by atoms with Crippen molar-refractivity contribution < 1.29 is 13.5 Å². The molecule has 1 rings (SSSR count). The van der Waals surface area contributed by atoms with Gasteiger partial charge in [-0.25, -0.2) is 18.4 Å². The fraction of sp³-hybridized carbons (Fsp3) is 0.500. The van der Waals surface area contributed by atoms with Crippen LogP contribution in [0.25, 0.3) is 0 Å². The highest BCUT2D eigenvalue weighted by Gasteiger charge is 2.14. The number of unbranched alkanes of at least 4 members (excludes halogenated alkanes) is 1. The minimum Gasteiger partial charge on any atom is -0.396 e. The van der Waals surface area contributed by atoms with Crippen LogP contribution in [0.15, 0.2) is 23.6 Å². The molecule has 0 atom stereocenters. The molecule has 0 aliphatic heterocycles. The van der Waals surface area contributed by atoms with E-state index in [2.05, 4.69) is 9.97 Å². The Morgan fingerprint density at radius 2 is 2.14 bits per heavy atom. The van der Waals surface area contributed by atoms with E-state index >= 15 is 0 Å². The third-order valence-corrected chi connectivity index (χ3v) is 3.40. The molecule has 0 bridgehead atoms. The van der Waals surface area contributed by atoms with Crippen molar-refractivity contribution in [3.8, 4) is 0 Å². The minimum atomic E-state index is -3.29. The normalized spacial score (nSPS) is 11.5. The molecular formula is C8H12N2O3S. The van der Waals surface area contributed by atoms with Crippen LogP contribution < -0.4 is 0 Å². The van der Waals surface area contributed by atoms with Gasteiger partial charge in [0.05, 0.1) is 5.75 Å². The lowest BCUT2D eigenvalue weighted by atomic mass is 10.4. The van der Waals surface area contributed by atoms with Gasteiger partial charge in [-0.3, -0.25) is 0 Å². The van der Waals surface area contributed by atoms with Gasteiger partial charge >= 0.3 is 0 Å². The molecule has 1 aromatic heterocycles. The molecule has 0 saturated carbocycles. The van der Waals surface area contributed by atoms with Crippen LogP contribution >= 0.6 is 0 Å². The summed E-state index contributed by atoms with van der Waals surface area (Å²) >= 11 is 0. The van der Waals surface area contributed by atoms with Gasteiger partial charge in [0.25, 0.3) is 0 Å². The van der Waals surface area contributed by atoms with Crippen LogP contribution in [0.5, 0.6) is 0 Å². The first-order chi connectivity index (χ1) is 6.67. The minimum absolute atomic E-state index is 0.0132. The molecule has 0 amide bonds. The summed E-state index contributed by atoms with van der Waals surface area (Å²) in [5, 5.41) is 8.56. The van der Waals surface area contributed by atoms with Crippen LogP contribution in [-0.2, 0) is 9.84 Å². The lowest BCUT2D eigenvalue weighted by Crippen LogP contribution is -2.09. The maximum Gasteiger partial charge on any atom is 0.195 e. The summed E-state index contributed by atoms with van der Waals surface area (Å²) in [5.74, 6) is 0.0184. The van der Waals surface area contributed by atoms with Crippen LogP contribution in [0.1, 0.15) is 12.8 Å². The van der Waals surface area contributed by atoms with Gasteiger partial charge in [-0.2, -0.15) is 0 Å². The molecule has 6 heteroatoms. The van der Waals surface area contributed by atoms with Crippen molar-refractivity contribution in [2.75, 3.05) is 12.4 Å². The van der Waals surface area contributed by atoms with Gasteiger partial charge in [0.15, 0.2) is 14.9 Å². The van der Waals surface area contributed by atoms with E-state index in [4.69, 9.17) is 5.11 Å². The predicted molar refractivity (Wildman–Crippen MR) is 50.4 cm³/mol. The molecule has 14 heavy (non-hydrogen) atoms. The summed E-state index contributed by atoms with van der Waals surface area (Å²) in [6, 6.07) is 1.37. The SMILES string of the molecule is O=S(=O)(CCCCO)c1ccncn1. The van der Waals surface area contributed by atoms with Gasteiger partial charge in [0.2, 0.25) is 0 Å². The standard InChI is InChI=1S/C8H12N2O3S/c11-5-1-2-6-14(12,13)8-3-4-9-7-10-8/h3-4,7,11H,1-2,5-6H2. The zero-order chi connectivity index (χ0) is 10.4. The smallest absolute Gasteiger partial charge is 0.195 e. The molecule has 0 aromatic carbocycles. The van der Waals surface area contributed by atoms with Crippen LogP contribution in [-0.4, -0.2) is 35.9 Å². The van der Waals surface area contributed by atoms with Crippen molar-refractivity contribution in [1.29, 1.82) is 0 Å². The van der Waals surface area contributed by atoms with Gasteiger partial charge in [-0.1, -0.05) is 0 Å². The molecule has 0 radical (unpaired) electrons. The molecule has 0 fully saturated rings. The van der Waals surface area contributed by atoms with Crippen LogP contribution in [0.4, 0.5) is 0 Å². The molecule has 5 nitrogen and oxygen atoms in total. The fourth-order valence-electron chi connectivity index (χ4n) is 0.971. The van der Waals surface area contributed by atoms with Gasteiger partial charge < -0.3 is 5.11 Å². The predicted octanol–water partition coefficient (Wildman–Crippen LogP) is 0.0228. The van der Waals surface area contributed by atoms with Crippen molar-refractivity contribution in [1.82, 2.24) is 9.97 Å². The molecule has 1 N–H and O–H groups in total. The molecule has 0 saturated heterocycles. The maximum absolute atomic E-state index is 11.5. The van der Waals surface area contributed by atoms with Crippen molar-refractivity contribution >= 4 is 9.84 Å². The van der Waals surface area contributed by atoms with E-state index in [9.17, 15) is 8.42 Å². The molecular weight excluding hydrogens is 204 g/mol. The first-order valence-electron chi connectivity index (χ1n) is 4.26. The van der Waals surface area contributed by atoms with Crippen LogP contribution in [0, 0.1) is 0 Å². The van der Waals surface area contributed by atoms with Gasteiger partial charge in [0, 0.05) is 12.8 Å². The number of aliphatic hydroxyl groups excluding tert-OH is 1. The molecule has 0 spiro atoms. The van der Waals surface area contributed by atoms with E-state index < -0.39 is 9.84 Å². The highest BCUT2D eigenvalue weighted by molar-refractivity contribution is 7.91. The topological polar surface area (TPSA) is 80.2 Å². The summed E-state index contributed by atoms with van der Waals surface area (Å²) in [4.78, 5) is 7.31. The first kappa shape index (κ1) is 11.1. The maximum atomic E-state index is 11.5. The van der Waals surface area contributed by atoms with E-state index in [0.717, 1.165) is 0 Å². The second kappa shape index (κ2) is 5.02. The lowest BCUT2D eigenvalue weighted by molar-refractivity contribution is 0.287. The lowest BCUT2D eigenvalue weighted by Gasteiger charge is -2.01. The highest BCUT2D eigenvalue weighted by Crippen LogP contribution is 2.07. The molecule has 0 aliphatic rings. The van der Waals surface area contributed by atoms with E-state index in [1.54, 1.807) is 0 Å². The Morgan fingerprint density at radius 3 is 2.71 bits per heavy atom. The van der Waals surface area contributed by atoms with Gasteiger partial charge in [-0.05, 0) is 18.9 Å². The summed E-state index contributed by atoms with van der Waals surface area (Å²) < 4.78 is 23.1. The number of hydrogen-bond acceptors (Lipinski definition) is 5. The summed E-state index contributed by atoms with van der Waals surface area (Å²) in [5.41, 5.74) is 0. The number of hydrogen-bond donors (Lipinski definition) is 1. The number of aromatic nitrogens is 2. The second-order valence-electron chi connectivity index (χ2n) is 2.80. The average Bonchev–Trinajstić information content (AvgIpc) is 2.19. The van der Waals surface area contributed by atoms with Crippen LogP contribution in [0.2, 0.25) is 0 Å². The van der Waals surface area contributed by atoms with Crippen molar-refractivity contribution in [3.63, 3.8) is 0 Å². The Morgan fingerprint density at radius 1 is 1.36 bits per heavy atom. The first-order valence-corrected chi connectivity index (χ1v) is 5.91. The summed E-state index contributed by atoms with van der Waals surface area (Å²) in [6.45, 7) is 0.0132. The Balaban J connectivity index is 2.67. The summed E-state index contributed by atoms with van der Waals surface area (Å²) in [6.07, 6.45) is 3.54. The zero-order valence-electron chi connectivity index (χ0n) is 7.63. The van der Waals surface area contributed by atoms with Crippen LogP contribution in [0.3, 0.4) is 0 Å². The quantitative estimate of drug-likeness (QED) is 0.554. The van der Waals surface area contributed by atoms with E-state index in [1.807, 2.05) is 0 Å². The average molecular weight is 216 g/mol. The molecule has 1 heterocycles. The Kier molecular flexibility index (Phi) is 3.97. The number of aliphatic hydroxyl groups is 1. The number of rotatable bonds is 5.